The Kier molecular flexibility index (Phi) is 4.79. The molecule has 0 amide bonds. The van der Waals surface area contributed by atoms with Gasteiger partial charge >= 0.3 is 0 Å². The van der Waals surface area contributed by atoms with E-state index in [1.807, 2.05) is 20.8 Å². The highest BCUT2D eigenvalue weighted by molar-refractivity contribution is 6.37. The van der Waals surface area contributed by atoms with Gasteiger partial charge in [-0.2, -0.15) is 5.26 Å². The molecule has 3 aromatic rings. The summed E-state index contributed by atoms with van der Waals surface area (Å²) >= 11 is 18.7. The van der Waals surface area contributed by atoms with Gasteiger partial charge in [-0.05, 0) is 61.7 Å². The summed E-state index contributed by atoms with van der Waals surface area (Å²) in [4.78, 5) is 0. The predicted octanol–water partition coefficient (Wildman–Crippen LogP) is 6.77. The van der Waals surface area contributed by atoms with E-state index in [-0.39, 0.29) is 0 Å². The molecule has 0 aliphatic rings. The lowest BCUT2D eigenvalue weighted by atomic mass is 9.94. The molecule has 1 heterocycles. The largest absolute Gasteiger partial charge is 0.354 e. The lowest BCUT2D eigenvalue weighted by Gasteiger charge is -2.14. The Morgan fingerprint density at radius 3 is 2.00 bits per heavy atom. The predicted molar refractivity (Wildman–Crippen MR) is 101 cm³/mol. The zero-order valence-corrected chi connectivity index (χ0v) is 16.0. The fraction of sp³-hybridized carbons (Fsp3) is 0.158. The Hall–Kier alpha value is -1.99. The molecule has 0 aliphatic carbocycles. The Bertz CT molecular complexity index is 986. The number of benzene rings is 2. The van der Waals surface area contributed by atoms with Crippen LogP contribution in [0.4, 0.5) is 0 Å². The standard InChI is InChI=1S/C19H13Cl3N2O/c1-9-15(10(2)17(22)11(3)16(9)21)18-14(8-23)19(25-24-18)12-4-6-13(20)7-5-12/h4-7H,1-3H3. The summed E-state index contributed by atoms with van der Waals surface area (Å²) in [5.74, 6) is 0.390. The molecule has 0 N–H and O–H groups in total. The van der Waals surface area contributed by atoms with Crippen LogP contribution in [0.1, 0.15) is 22.3 Å². The molecular formula is C19H13Cl3N2O. The number of halogens is 3. The Morgan fingerprint density at radius 2 is 1.48 bits per heavy atom. The molecule has 0 bridgehead atoms. The molecule has 0 atom stereocenters. The molecule has 3 nitrogen and oxygen atoms in total. The molecule has 6 heteroatoms. The van der Waals surface area contributed by atoms with Gasteiger partial charge in [0.2, 0.25) is 0 Å². The monoisotopic (exact) mass is 390 g/mol. The summed E-state index contributed by atoms with van der Waals surface area (Å²) < 4.78 is 5.49. The summed E-state index contributed by atoms with van der Waals surface area (Å²) in [6.07, 6.45) is 0. The van der Waals surface area contributed by atoms with Crippen molar-refractivity contribution < 1.29 is 4.52 Å². The van der Waals surface area contributed by atoms with E-state index in [1.165, 1.54) is 0 Å². The minimum atomic E-state index is 0.338. The van der Waals surface area contributed by atoms with Gasteiger partial charge in [-0.15, -0.1) is 0 Å². The average molecular weight is 392 g/mol. The van der Waals surface area contributed by atoms with Crippen molar-refractivity contribution in [2.24, 2.45) is 0 Å². The smallest absolute Gasteiger partial charge is 0.185 e. The highest BCUT2D eigenvalue weighted by Gasteiger charge is 2.24. The van der Waals surface area contributed by atoms with Crippen LogP contribution in [0, 0.1) is 32.1 Å². The SMILES string of the molecule is Cc1c(Cl)c(C)c(-c2noc(-c3ccc(Cl)cc3)c2C#N)c(C)c1Cl. The molecule has 126 valence electrons. The van der Waals surface area contributed by atoms with Crippen molar-refractivity contribution in [1.29, 1.82) is 5.26 Å². The highest BCUT2D eigenvalue weighted by atomic mass is 35.5. The number of hydrogen-bond donors (Lipinski definition) is 0. The van der Waals surface area contributed by atoms with Gasteiger partial charge in [-0.25, -0.2) is 0 Å². The normalized spacial score (nSPS) is 10.8. The molecular weight excluding hydrogens is 379 g/mol. The number of nitriles is 1. The topological polar surface area (TPSA) is 49.8 Å². The minimum absolute atomic E-state index is 0.338. The fourth-order valence-corrected chi connectivity index (χ4v) is 3.43. The second-order valence-electron chi connectivity index (χ2n) is 5.73. The lowest BCUT2D eigenvalue weighted by molar-refractivity contribution is 0.434. The minimum Gasteiger partial charge on any atom is -0.354 e. The quantitative estimate of drug-likeness (QED) is 0.484. The third-order valence-corrected chi connectivity index (χ3v) is 5.60. The van der Waals surface area contributed by atoms with Gasteiger partial charge in [-0.1, -0.05) is 40.0 Å². The molecule has 0 fully saturated rings. The molecule has 2 aromatic carbocycles. The van der Waals surface area contributed by atoms with Crippen molar-refractivity contribution in [3.05, 3.63) is 61.6 Å². The first-order chi connectivity index (χ1) is 11.9. The van der Waals surface area contributed by atoms with E-state index in [0.717, 1.165) is 27.8 Å². The van der Waals surface area contributed by atoms with Crippen molar-refractivity contribution in [2.45, 2.75) is 20.8 Å². The second kappa shape index (κ2) is 6.72. The number of aromatic nitrogens is 1. The molecule has 1 aromatic heterocycles. The van der Waals surface area contributed by atoms with Crippen LogP contribution in [0.3, 0.4) is 0 Å². The zero-order chi connectivity index (χ0) is 18.3. The van der Waals surface area contributed by atoms with Gasteiger partial charge in [0.15, 0.2) is 5.76 Å². The van der Waals surface area contributed by atoms with Crippen molar-refractivity contribution in [2.75, 3.05) is 0 Å². The van der Waals surface area contributed by atoms with Crippen molar-refractivity contribution in [3.8, 4) is 28.7 Å². The molecule has 0 unspecified atom stereocenters. The van der Waals surface area contributed by atoms with Gasteiger partial charge in [0.25, 0.3) is 0 Å². The number of hydrogen-bond acceptors (Lipinski definition) is 3. The van der Waals surface area contributed by atoms with Crippen molar-refractivity contribution in [3.63, 3.8) is 0 Å². The maximum atomic E-state index is 9.70. The summed E-state index contributed by atoms with van der Waals surface area (Å²) in [5.41, 5.74) is 4.65. The van der Waals surface area contributed by atoms with Gasteiger partial charge < -0.3 is 4.52 Å². The Balaban J connectivity index is 2.28. The van der Waals surface area contributed by atoms with Crippen LogP contribution in [0.25, 0.3) is 22.6 Å². The fourth-order valence-electron chi connectivity index (χ4n) is 2.88. The van der Waals surface area contributed by atoms with Gasteiger partial charge in [0.1, 0.15) is 17.3 Å². The first-order valence-electron chi connectivity index (χ1n) is 7.47. The van der Waals surface area contributed by atoms with Crippen molar-refractivity contribution in [1.82, 2.24) is 5.16 Å². The van der Waals surface area contributed by atoms with Crippen LogP contribution in [0.2, 0.25) is 15.1 Å². The molecule has 0 saturated heterocycles. The third kappa shape index (κ3) is 2.91. The molecule has 0 saturated carbocycles. The van der Waals surface area contributed by atoms with E-state index >= 15 is 0 Å². The first kappa shape index (κ1) is 17.8. The third-order valence-electron chi connectivity index (χ3n) is 4.21. The van der Waals surface area contributed by atoms with E-state index in [0.29, 0.717) is 32.1 Å². The van der Waals surface area contributed by atoms with Crippen LogP contribution < -0.4 is 0 Å². The van der Waals surface area contributed by atoms with Crippen LogP contribution in [-0.4, -0.2) is 5.16 Å². The molecule has 0 spiro atoms. The van der Waals surface area contributed by atoms with E-state index < -0.39 is 0 Å². The summed E-state index contributed by atoms with van der Waals surface area (Å²) in [6.45, 7) is 5.62. The number of rotatable bonds is 2. The molecule has 3 rings (SSSR count). The summed E-state index contributed by atoms with van der Waals surface area (Å²) in [5, 5.41) is 15.6. The summed E-state index contributed by atoms with van der Waals surface area (Å²) in [6, 6.07) is 9.21. The van der Waals surface area contributed by atoms with Gasteiger partial charge in [0.05, 0.1) is 0 Å². The van der Waals surface area contributed by atoms with E-state index in [2.05, 4.69) is 11.2 Å². The zero-order valence-electron chi connectivity index (χ0n) is 13.7. The van der Waals surface area contributed by atoms with Crippen molar-refractivity contribution >= 4 is 34.8 Å². The van der Waals surface area contributed by atoms with Gasteiger partial charge in [-0.3, -0.25) is 0 Å². The number of nitrogens with zero attached hydrogens (tertiary/aromatic N) is 2. The highest BCUT2D eigenvalue weighted by Crippen LogP contribution is 2.41. The van der Waals surface area contributed by atoms with Crippen LogP contribution in [0.15, 0.2) is 28.8 Å². The molecule has 25 heavy (non-hydrogen) atoms. The van der Waals surface area contributed by atoms with Crippen LogP contribution in [-0.2, 0) is 0 Å². The average Bonchev–Trinajstić information content (AvgIpc) is 3.02. The maximum absolute atomic E-state index is 9.70. The molecule has 0 aliphatic heterocycles. The first-order valence-corrected chi connectivity index (χ1v) is 8.61. The molecule has 0 radical (unpaired) electrons. The second-order valence-corrected chi connectivity index (χ2v) is 6.92. The van der Waals surface area contributed by atoms with Gasteiger partial charge in [0, 0.05) is 26.2 Å². The summed E-state index contributed by atoms with van der Waals surface area (Å²) in [7, 11) is 0. The van der Waals surface area contributed by atoms with E-state index in [4.69, 9.17) is 39.3 Å². The van der Waals surface area contributed by atoms with Crippen LogP contribution >= 0.6 is 34.8 Å². The lowest BCUT2D eigenvalue weighted by Crippen LogP contribution is -1.96. The Labute approximate surface area is 160 Å². The van der Waals surface area contributed by atoms with Crippen LogP contribution in [0.5, 0.6) is 0 Å². The van der Waals surface area contributed by atoms with E-state index in [9.17, 15) is 5.26 Å². The van der Waals surface area contributed by atoms with E-state index in [1.54, 1.807) is 24.3 Å². The Morgan fingerprint density at radius 1 is 0.920 bits per heavy atom. The maximum Gasteiger partial charge on any atom is 0.185 e.